The minimum absolute atomic E-state index is 0.0191. The summed E-state index contributed by atoms with van der Waals surface area (Å²) in [6, 6.07) is 15.3. The van der Waals surface area contributed by atoms with Crippen LogP contribution in [0.3, 0.4) is 0 Å². The van der Waals surface area contributed by atoms with Crippen LogP contribution < -0.4 is 10.0 Å². The van der Waals surface area contributed by atoms with Gasteiger partial charge in [-0.2, -0.15) is 0 Å². The highest BCUT2D eigenvalue weighted by Crippen LogP contribution is 2.24. The highest BCUT2D eigenvalue weighted by Gasteiger charge is 2.19. The van der Waals surface area contributed by atoms with Crippen molar-refractivity contribution in [3.63, 3.8) is 0 Å². The molecular weight excluding hydrogens is 451 g/mol. The van der Waals surface area contributed by atoms with Gasteiger partial charge >= 0.3 is 5.97 Å². The molecule has 0 atom stereocenters. The molecule has 7 nitrogen and oxygen atoms in total. The number of carbonyl (C=O) groups excluding carboxylic acids is 1. The molecule has 0 saturated heterocycles. The van der Waals surface area contributed by atoms with E-state index in [9.17, 15) is 18.0 Å². The minimum atomic E-state index is -4.05. The van der Waals surface area contributed by atoms with E-state index in [1.54, 1.807) is 24.3 Å². The van der Waals surface area contributed by atoms with Crippen molar-refractivity contribution in [2.45, 2.75) is 4.90 Å². The highest BCUT2D eigenvalue weighted by atomic mass is 35.5. The number of rotatable bonds is 6. The molecule has 0 aliphatic carbocycles. The van der Waals surface area contributed by atoms with E-state index in [4.69, 9.17) is 28.3 Å². The first-order valence-corrected chi connectivity index (χ1v) is 10.6. The molecule has 0 radical (unpaired) electrons. The van der Waals surface area contributed by atoms with Gasteiger partial charge in [-0.05, 0) is 66.7 Å². The van der Waals surface area contributed by atoms with Crippen LogP contribution in [0, 0.1) is 0 Å². The number of carboxylic acid groups (broad SMARTS) is 1. The smallest absolute Gasteiger partial charge is 0.335 e. The number of hydrogen-bond acceptors (Lipinski definition) is 4. The van der Waals surface area contributed by atoms with Crippen molar-refractivity contribution >= 4 is 56.5 Å². The van der Waals surface area contributed by atoms with Crippen LogP contribution >= 0.6 is 23.2 Å². The summed E-state index contributed by atoms with van der Waals surface area (Å²) in [5.74, 6) is -1.72. The van der Waals surface area contributed by atoms with Crippen molar-refractivity contribution in [2.24, 2.45) is 0 Å². The number of aromatic carboxylic acids is 1. The normalized spacial score (nSPS) is 11.0. The molecule has 0 aliphatic rings. The predicted molar refractivity (Wildman–Crippen MR) is 115 cm³/mol. The molecular formula is C20H14Cl2N2O5S. The number of nitrogens with one attached hydrogen (secondary N) is 2. The number of carbonyl (C=O) groups is 2. The zero-order valence-corrected chi connectivity index (χ0v) is 17.4. The zero-order valence-electron chi connectivity index (χ0n) is 15.1. The van der Waals surface area contributed by atoms with Gasteiger partial charge in [-0.25, -0.2) is 13.2 Å². The minimum Gasteiger partial charge on any atom is -0.478 e. The van der Waals surface area contributed by atoms with E-state index < -0.39 is 21.9 Å². The van der Waals surface area contributed by atoms with Gasteiger partial charge in [0.15, 0.2) is 0 Å². The number of sulfonamides is 1. The van der Waals surface area contributed by atoms with E-state index in [1.807, 2.05) is 0 Å². The average molecular weight is 465 g/mol. The van der Waals surface area contributed by atoms with Gasteiger partial charge < -0.3 is 10.4 Å². The van der Waals surface area contributed by atoms with Gasteiger partial charge in [-0.1, -0.05) is 23.2 Å². The molecule has 0 bridgehead atoms. The fourth-order valence-corrected chi connectivity index (χ4v) is 3.89. The van der Waals surface area contributed by atoms with Crippen molar-refractivity contribution in [3.8, 4) is 0 Å². The third kappa shape index (κ3) is 5.10. The summed E-state index contributed by atoms with van der Waals surface area (Å²) in [7, 11) is -4.05. The molecule has 3 aromatic rings. The fraction of sp³-hybridized carbons (Fsp3) is 0. The molecule has 0 spiro atoms. The van der Waals surface area contributed by atoms with E-state index >= 15 is 0 Å². The lowest BCUT2D eigenvalue weighted by Crippen LogP contribution is -2.16. The first kappa shape index (κ1) is 21.6. The Labute approximate surface area is 182 Å². The average Bonchev–Trinajstić information content (AvgIpc) is 2.70. The number of amides is 1. The lowest BCUT2D eigenvalue weighted by atomic mass is 10.2. The van der Waals surface area contributed by atoms with Gasteiger partial charge in [-0.3, -0.25) is 9.52 Å². The second-order valence-electron chi connectivity index (χ2n) is 6.09. The lowest BCUT2D eigenvalue weighted by Gasteiger charge is -2.11. The molecule has 0 aliphatic heterocycles. The Morgan fingerprint density at radius 2 is 1.43 bits per heavy atom. The van der Waals surface area contributed by atoms with Crippen LogP contribution in [0.4, 0.5) is 11.4 Å². The summed E-state index contributed by atoms with van der Waals surface area (Å²) in [5.41, 5.74) is 0.619. The first-order valence-electron chi connectivity index (χ1n) is 8.38. The Bertz CT molecular complexity index is 1210. The van der Waals surface area contributed by atoms with Gasteiger partial charge in [0.25, 0.3) is 15.9 Å². The van der Waals surface area contributed by atoms with Crippen LogP contribution in [0.25, 0.3) is 0 Å². The molecule has 154 valence electrons. The number of halogens is 2. The van der Waals surface area contributed by atoms with Gasteiger partial charge in [0.05, 0.1) is 21.0 Å². The monoisotopic (exact) mass is 464 g/mol. The first-order chi connectivity index (χ1) is 14.2. The second-order valence-corrected chi connectivity index (χ2v) is 8.62. The van der Waals surface area contributed by atoms with E-state index in [0.29, 0.717) is 10.7 Å². The SMILES string of the molecule is O=C(O)c1ccc(NS(=O)(=O)c2ccc(Cl)c(C(=O)Nc3ccc(Cl)cc3)c2)cc1. The van der Waals surface area contributed by atoms with E-state index in [1.165, 1.54) is 36.4 Å². The number of hydrogen-bond donors (Lipinski definition) is 3. The quantitative estimate of drug-likeness (QED) is 0.487. The van der Waals surface area contributed by atoms with Crippen LogP contribution in [-0.4, -0.2) is 25.4 Å². The highest BCUT2D eigenvalue weighted by molar-refractivity contribution is 7.92. The van der Waals surface area contributed by atoms with Crippen molar-refractivity contribution < 1.29 is 23.1 Å². The molecule has 3 aromatic carbocycles. The Morgan fingerprint density at radius 1 is 0.833 bits per heavy atom. The molecule has 3 rings (SSSR count). The third-order valence-electron chi connectivity index (χ3n) is 3.98. The van der Waals surface area contributed by atoms with Gasteiger partial charge in [-0.15, -0.1) is 0 Å². The number of carboxylic acids is 1. The summed E-state index contributed by atoms with van der Waals surface area (Å²) in [5, 5.41) is 12.1. The number of benzene rings is 3. The second kappa shape index (κ2) is 8.74. The van der Waals surface area contributed by atoms with Crippen LogP contribution in [0.2, 0.25) is 10.0 Å². The Hall–Kier alpha value is -3.07. The van der Waals surface area contributed by atoms with Crippen molar-refractivity contribution in [3.05, 3.63) is 87.9 Å². The molecule has 1 amide bonds. The molecule has 0 saturated carbocycles. The van der Waals surface area contributed by atoms with Gasteiger partial charge in [0.1, 0.15) is 0 Å². The van der Waals surface area contributed by atoms with Crippen molar-refractivity contribution in [1.29, 1.82) is 0 Å². The van der Waals surface area contributed by atoms with Crippen LogP contribution in [0.15, 0.2) is 71.6 Å². The summed E-state index contributed by atoms with van der Waals surface area (Å²) in [6.07, 6.45) is 0. The zero-order chi connectivity index (χ0) is 21.9. The maximum Gasteiger partial charge on any atom is 0.335 e. The topological polar surface area (TPSA) is 113 Å². The van der Waals surface area contributed by atoms with Crippen molar-refractivity contribution in [1.82, 2.24) is 0 Å². The Morgan fingerprint density at radius 3 is 2.03 bits per heavy atom. The third-order valence-corrected chi connectivity index (χ3v) is 5.94. The molecule has 0 heterocycles. The Kier molecular flexibility index (Phi) is 6.31. The van der Waals surface area contributed by atoms with Gasteiger partial charge in [0, 0.05) is 16.4 Å². The maximum absolute atomic E-state index is 12.7. The van der Waals surface area contributed by atoms with E-state index in [0.717, 1.165) is 6.07 Å². The van der Waals surface area contributed by atoms with Crippen LogP contribution in [0.5, 0.6) is 0 Å². The molecule has 30 heavy (non-hydrogen) atoms. The molecule has 0 unspecified atom stereocenters. The molecule has 0 aromatic heterocycles. The molecule has 0 fully saturated rings. The predicted octanol–water partition coefficient (Wildman–Crippen LogP) is 4.74. The largest absolute Gasteiger partial charge is 0.478 e. The summed E-state index contributed by atoms with van der Waals surface area (Å²) < 4.78 is 27.7. The van der Waals surface area contributed by atoms with Crippen molar-refractivity contribution in [2.75, 3.05) is 10.0 Å². The van der Waals surface area contributed by atoms with Crippen LogP contribution in [-0.2, 0) is 10.0 Å². The maximum atomic E-state index is 12.7. The summed E-state index contributed by atoms with van der Waals surface area (Å²) >= 11 is 11.9. The van der Waals surface area contributed by atoms with E-state index in [-0.39, 0.29) is 26.7 Å². The fourth-order valence-electron chi connectivity index (χ4n) is 2.47. The lowest BCUT2D eigenvalue weighted by molar-refractivity contribution is 0.0696. The van der Waals surface area contributed by atoms with E-state index in [2.05, 4.69) is 10.0 Å². The van der Waals surface area contributed by atoms with Gasteiger partial charge in [0.2, 0.25) is 0 Å². The summed E-state index contributed by atoms with van der Waals surface area (Å²) in [4.78, 5) is 23.3. The Balaban J connectivity index is 1.84. The molecule has 10 heteroatoms. The number of anilines is 2. The van der Waals surface area contributed by atoms with Crippen LogP contribution in [0.1, 0.15) is 20.7 Å². The standard InChI is InChI=1S/C20H14Cl2N2O5S/c21-13-3-7-14(8-4-13)23-19(25)17-11-16(9-10-18(17)22)30(28,29)24-15-5-1-12(2-6-15)20(26)27/h1-11,24H,(H,23,25)(H,26,27). The molecule has 3 N–H and O–H groups in total. The summed E-state index contributed by atoms with van der Waals surface area (Å²) in [6.45, 7) is 0.